The number of nitrogens with zero attached hydrogens (tertiary/aromatic N) is 3. The van der Waals surface area contributed by atoms with E-state index in [-0.39, 0.29) is 10.9 Å². The lowest BCUT2D eigenvalue weighted by atomic mass is 10.0. The molecule has 8 heteroatoms. The first kappa shape index (κ1) is 15.1. The second kappa shape index (κ2) is 6.47. The van der Waals surface area contributed by atoms with Gasteiger partial charge in [-0.1, -0.05) is 6.42 Å². The standard InChI is InChI=1S/C12H21N5O2S/c1-13-12-14-8-11(9-15-12)20(18,19)16-7-10-5-3-4-6-17(10)2/h8-10,16H,3-7H2,1-2H3,(H,13,14,15). The molecule has 0 aliphatic carbocycles. The number of rotatable bonds is 5. The van der Waals surface area contributed by atoms with E-state index in [4.69, 9.17) is 0 Å². The van der Waals surface area contributed by atoms with E-state index < -0.39 is 10.0 Å². The molecule has 2 heterocycles. The highest BCUT2D eigenvalue weighted by Crippen LogP contribution is 2.15. The molecule has 2 N–H and O–H groups in total. The van der Waals surface area contributed by atoms with Gasteiger partial charge in [0.1, 0.15) is 4.90 Å². The van der Waals surface area contributed by atoms with Crippen molar-refractivity contribution in [3.05, 3.63) is 12.4 Å². The third kappa shape index (κ3) is 3.65. The second-order valence-corrected chi connectivity index (χ2v) is 6.74. The zero-order valence-corrected chi connectivity index (χ0v) is 12.7. The molecule has 112 valence electrons. The topological polar surface area (TPSA) is 87.2 Å². The van der Waals surface area contributed by atoms with Crippen molar-refractivity contribution < 1.29 is 8.42 Å². The van der Waals surface area contributed by atoms with E-state index in [1.54, 1.807) is 7.05 Å². The van der Waals surface area contributed by atoms with Crippen LogP contribution in [0.15, 0.2) is 17.3 Å². The monoisotopic (exact) mass is 299 g/mol. The molecule has 0 bridgehead atoms. The molecule has 20 heavy (non-hydrogen) atoms. The Kier molecular flexibility index (Phi) is 4.90. The molecule has 1 aromatic heterocycles. The highest BCUT2D eigenvalue weighted by atomic mass is 32.2. The third-order valence-corrected chi connectivity index (χ3v) is 4.97. The Morgan fingerprint density at radius 1 is 1.35 bits per heavy atom. The maximum absolute atomic E-state index is 12.2. The maximum atomic E-state index is 12.2. The molecule has 1 fully saturated rings. The van der Waals surface area contributed by atoms with E-state index in [1.165, 1.54) is 18.8 Å². The van der Waals surface area contributed by atoms with Crippen LogP contribution in [-0.4, -0.2) is 56.5 Å². The molecule has 0 spiro atoms. The molecule has 1 atom stereocenters. The summed E-state index contributed by atoms with van der Waals surface area (Å²) in [7, 11) is 0.174. The molecule has 1 aromatic rings. The van der Waals surface area contributed by atoms with Gasteiger partial charge in [0, 0.05) is 19.6 Å². The van der Waals surface area contributed by atoms with E-state index in [9.17, 15) is 8.42 Å². The number of nitrogens with one attached hydrogen (secondary N) is 2. The molecule has 7 nitrogen and oxygen atoms in total. The van der Waals surface area contributed by atoms with Gasteiger partial charge in [-0.05, 0) is 26.4 Å². The first-order valence-electron chi connectivity index (χ1n) is 6.72. The molecular formula is C12H21N5O2S. The number of likely N-dealkylation sites (tertiary alicyclic amines) is 1. The third-order valence-electron chi connectivity index (χ3n) is 3.59. The largest absolute Gasteiger partial charge is 0.357 e. The molecular weight excluding hydrogens is 278 g/mol. The minimum atomic E-state index is -3.54. The number of anilines is 1. The summed E-state index contributed by atoms with van der Waals surface area (Å²) in [5, 5.41) is 2.75. The summed E-state index contributed by atoms with van der Waals surface area (Å²) in [6.07, 6.45) is 5.97. The average molecular weight is 299 g/mol. The molecule has 2 rings (SSSR count). The van der Waals surface area contributed by atoms with Crippen LogP contribution in [0.2, 0.25) is 0 Å². The van der Waals surface area contributed by atoms with Crippen LogP contribution in [0, 0.1) is 0 Å². The van der Waals surface area contributed by atoms with Crippen LogP contribution in [0.3, 0.4) is 0 Å². The van der Waals surface area contributed by atoms with Crippen molar-refractivity contribution >= 4 is 16.0 Å². The lowest BCUT2D eigenvalue weighted by molar-refractivity contribution is 0.187. The predicted octanol–water partition coefficient (Wildman–Crippen LogP) is 0.281. The van der Waals surface area contributed by atoms with Crippen LogP contribution in [0.25, 0.3) is 0 Å². The van der Waals surface area contributed by atoms with Crippen LogP contribution in [-0.2, 0) is 10.0 Å². The highest BCUT2D eigenvalue weighted by Gasteiger charge is 2.22. The highest BCUT2D eigenvalue weighted by molar-refractivity contribution is 7.89. The number of hydrogen-bond acceptors (Lipinski definition) is 6. The number of aromatic nitrogens is 2. The molecule has 1 unspecified atom stereocenters. The Morgan fingerprint density at radius 2 is 2.05 bits per heavy atom. The Hall–Kier alpha value is -1.25. The van der Waals surface area contributed by atoms with E-state index >= 15 is 0 Å². The molecule has 0 amide bonds. The number of hydrogen-bond donors (Lipinski definition) is 2. The van der Waals surface area contributed by atoms with Crippen LogP contribution in [0.4, 0.5) is 5.95 Å². The summed E-state index contributed by atoms with van der Waals surface area (Å²) in [5.74, 6) is 0.399. The minimum absolute atomic E-state index is 0.0926. The zero-order valence-electron chi connectivity index (χ0n) is 11.8. The summed E-state index contributed by atoms with van der Waals surface area (Å²) < 4.78 is 26.9. The van der Waals surface area contributed by atoms with Gasteiger partial charge in [-0.2, -0.15) is 0 Å². The summed E-state index contributed by atoms with van der Waals surface area (Å²) in [6, 6.07) is 0.260. The van der Waals surface area contributed by atoms with Crippen molar-refractivity contribution in [1.82, 2.24) is 19.6 Å². The zero-order chi connectivity index (χ0) is 14.6. The lowest BCUT2D eigenvalue weighted by Crippen LogP contribution is -2.44. The molecule has 1 saturated heterocycles. The van der Waals surface area contributed by atoms with Crippen molar-refractivity contribution in [2.24, 2.45) is 0 Å². The van der Waals surface area contributed by atoms with Gasteiger partial charge in [0.15, 0.2) is 0 Å². The SMILES string of the molecule is CNc1ncc(S(=O)(=O)NCC2CCCCN2C)cn1. The van der Waals surface area contributed by atoms with E-state index in [1.807, 2.05) is 7.05 Å². The lowest BCUT2D eigenvalue weighted by Gasteiger charge is -2.32. The van der Waals surface area contributed by atoms with Gasteiger partial charge in [0.25, 0.3) is 0 Å². The minimum Gasteiger partial charge on any atom is -0.357 e. The average Bonchev–Trinajstić information content (AvgIpc) is 2.46. The fraction of sp³-hybridized carbons (Fsp3) is 0.667. The van der Waals surface area contributed by atoms with Gasteiger partial charge in [-0.3, -0.25) is 0 Å². The Labute approximate surface area is 119 Å². The second-order valence-electron chi connectivity index (χ2n) is 4.97. The number of likely N-dealkylation sites (N-methyl/N-ethyl adjacent to an activating group) is 1. The molecule has 1 aliphatic heterocycles. The van der Waals surface area contributed by atoms with Crippen molar-refractivity contribution in [1.29, 1.82) is 0 Å². The summed E-state index contributed by atoms with van der Waals surface area (Å²) in [4.78, 5) is 10.1. The Morgan fingerprint density at radius 3 is 2.65 bits per heavy atom. The maximum Gasteiger partial charge on any atom is 0.243 e. The molecule has 0 aromatic carbocycles. The quantitative estimate of drug-likeness (QED) is 0.812. The summed E-state index contributed by atoms with van der Waals surface area (Å²) >= 11 is 0. The van der Waals surface area contributed by atoms with E-state index in [2.05, 4.69) is 24.9 Å². The fourth-order valence-electron chi connectivity index (χ4n) is 2.28. The van der Waals surface area contributed by atoms with Crippen LogP contribution >= 0.6 is 0 Å². The molecule has 0 saturated carbocycles. The van der Waals surface area contributed by atoms with E-state index in [0.29, 0.717) is 12.5 Å². The van der Waals surface area contributed by atoms with Crippen LogP contribution < -0.4 is 10.0 Å². The van der Waals surface area contributed by atoms with Crippen molar-refractivity contribution in [2.75, 3.05) is 32.5 Å². The van der Waals surface area contributed by atoms with Gasteiger partial charge < -0.3 is 10.2 Å². The van der Waals surface area contributed by atoms with Crippen molar-refractivity contribution in [2.45, 2.75) is 30.2 Å². The van der Waals surface area contributed by atoms with Crippen LogP contribution in [0.1, 0.15) is 19.3 Å². The summed E-state index contributed by atoms with van der Waals surface area (Å²) in [5.41, 5.74) is 0. The van der Waals surface area contributed by atoms with Crippen molar-refractivity contribution in [3.8, 4) is 0 Å². The van der Waals surface area contributed by atoms with Gasteiger partial charge in [0.2, 0.25) is 16.0 Å². The first-order valence-corrected chi connectivity index (χ1v) is 8.21. The van der Waals surface area contributed by atoms with Gasteiger partial charge in [-0.25, -0.2) is 23.1 Å². The normalized spacial score (nSPS) is 20.8. The fourth-order valence-corrected chi connectivity index (χ4v) is 3.24. The first-order chi connectivity index (χ1) is 9.53. The molecule has 1 aliphatic rings. The van der Waals surface area contributed by atoms with Crippen molar-refractivity contribution in [3.63, 3.8) is 0 Å². The van der Waals surface area contributed by atoms with Gasteiger partial charge in [0.05, 0.1) is 12.4 Å². The Balaban J connectivity index is 1.99. The van der Waals surface area contributed by atoms with Gasteiger partial charge in [-0.15, -0.1) is 0 Å². The van der Waals surface area contributed by atoms with Crippen LogP contribution in [0.5, 0.6) is 0 Å². The molecule has 0 radical (unpaired) electrons. The summed E-state index contributed by atoms with van der Waals surface area (Å²) in [6.45, 7) is 1.44. The number of piperidine rings is 1. The van der Waals surface area contributed by atoms with Gasteiger partial charge >= 0.3 is 0 Å². The number of sulfonamides is 1. The predicted molar refractivity (Wildman–Crippen MR) is 77.0 cm³/mol. The van der Waals surface area contributed by atoms with E-state index in [0.717, 1.165) is 19.4 Å². The smallest absolute Gasteiger partial charge is 0.243 e. The Bertz CT molecular complexity index is 531.